The van der Waals surface area contributed by atoms with Crippen molar-refractivity contribution in [3.63, 3.8) is 0 Å². The van der Waals surface area contributed by atoms with E-state index >= 15 is 0 Å². The molecule has 1 aliphatic rings. The molecular formula is C15H17BrN4O. The van der Waals surface area contributed by atoms with Crippen molar-refractivity contribution >= 4 is 21.7 Å². The van der Waals surface area contributed by atoms with Crippen molar-refractivity contribution < 1.29 is 4.74 Å². The summed E-state index contributed by atoms with van der Waals surface area (Å²) >= 11 is 3.63. The molecule has 5 nitrogen and oxygen atoms in total. The zero-order chi connectivity index (χ0) is 14.8. The lowest BCUT2D eigenvalue weighted by Gasteiger charge is -2.12. The number of pyridine rings is 1. The first kappa shape index (κ1) is 14.3. The molecule has 0 bridgehead atoms. The summed E-state index contributed by atoms with van der Waals surface area (Å²) in [5, 5.41) is 3.28. The van der Waals surface area contributed by atoms with Crippen LogP contribution in [0.4, 0.5) is 5.82 Å². The van der Waals surface area contributed by atoms with Crippen molar-refractivity contribution in [3.05, 3.63) is 28.4 Å². The molecule has 1 aliphatic carbocycles. The van der Waals surface area contributed by atoms with E-state index < -0.39 is 0 Å². The summed E-state index contributed by atoms with van der Waals surface area (Å²) in [4.78, 5) is 13.7. The second-order valence-electron chi connectivity index (χ2n) is 4.96. The normalized spacial score (nSPS) is 14.0. The van der Waals surface area contributed by atoms with E-state index in [9.17, 15) is 0 Å². The molecule has 2 heterocycles. The van der Waals surface area contributed by atoms with Crippen molar-refractivity contribution in [1.29, 1.82) is 0 Å². The highest BCUT2D eigenvalue weighted by molar-refractivity contribution is 9.10. The van der Waals surface area contributed by atoms with E-state index in [1.165, 1.54) is 12.8 Å². The molecule has 6 heteroatoms. The molecule has 0 atom stereocenters. The molecule has 2 aromatic rings. The monoisotopic (exact) mass is 348 g/mol. The van der Waals surface area contributed by atoms with Crippen LogP contribution in [0.5, 0.6) is 5.88 Å². The molecule has 1 fully saturated rings. The molecule has 110 valence electrons. The molecule has 0 aliphatic heterocycles. The van der Waals surface area contributed by atoms with Gasteiger partial charge in [-0.05, 0) is 41.8 Å². The molecule has 3 rings (SSSR count). The number of rotatable bonds is 5. The van der Waals surface area contributed by atoms with Gasteiger partial charge in [0.05, 0.1) is 17.3 Å². The van der Waals surface area contributed by atoms with Crippen LogP contribution in [-0.4, -0.2) is 28.6 Å². The van der Waals surface area contributed by atoms with Crippen LogP contribution in [0.1, 0.15) is 31.4 Å². The first-order chi connectivity index (χ1) is 10.2. The summed E-state index contributed by atoms with van der Waals surface area (Å²) in [7, 11) is 1.61. The SMILES string of the molecule is CCNc1nc(-c2cccc(OC)n2)nc(C2CC2)c1Br. The topological polar surface area (TPSA) is 59.9 Å². The van der Waals surface area contributed by atoms with Crippen molar-refractivity contribution in [2.75, 3.05) is 19.0 Å². The molecule has 0 aromatic carbocycles. The Kier molecular flexibility index (Phi) is 4.05. The molecule has 1 saturated carbocycles. The van der Waals surface area contributed by atoms with Gasteiger partial charge in [0.25, 0.3) is 0 Å². The minimum Gasteiger partial charge on any atom is -0.481 e. The largest absolute Gasteiger partial charge is 0.481 e. The maximum Gasteiger partial charge on any atom is 0.213 e. The van der Waals surface area contributed by atoms with Gasteiger partial charge < -0.3 is 10.1 Å². The maximum atomic E-state index is 5.18. The highest BCUT2D eigenvalue weighted by Crippen LogP contribution is 2.44. The van der Waals surface area contributed by atoms with Gasteiger partial charge >= 0.3 is 0 Å². The van der Waals surface area contributed by atoms with Crippen LogP contribution < -0.4 is 10.1 Å². The smallest absolute Gasteiger partial charge is 0.213 e. The number of anilines is 1. The van der Waals surface area contributed by atoms with E-state index in [4.69, 9.17) is 9.72 Å². The van der Waals surface area contributed by atoms with Crippen LogP contribution in [0, 0.1) is 0 Å². The molecule has 2 aromatic heterocycles. The maximum absolute atomic E-state index is 5.18. The summed E-state index contributed by atoms with van der Waals surface area (Å²) in [6.07, 6.45) is 2.37. The van der Waals surface area contributed by atoms with Crippen molar-refractivity contribution in [2.45, 2.75) is 25.7 Å². The Morgan fingerprint density at radius 1 is 1.29 bits per heavy atom. The summed E-state index contributed by atoms with van der Waals surface area (Å²) in [5.41, 5.74) is 1.79. The average molecular weight is 349 g/mol. The third kappa shape index (κ3) is 3.00. The number of nitrogens with zero attached hydrogens (tertiary/aromatic N) is 3. The third-order valence-electron chi connectivity index (χ3n) is 3.35. The quantitative estimate of drug-likeness (QED) is 0.893. The third-order valence-corrected chi connectivity index (χ3v) is 4.13. The number of hydrogen-bond donors (Lipinski definition) is 1. The molecule has 0 spiro atoms. The van der Waals surface area contributed by atoms with Gasteiger partial charge in [0.15, 0.2) is 5.82 Å². The van der Waals surface area contributed by atoms with E-state index in [1.807, 2.05) is 18.2 Å². The Morgan fingerprint density at radius 3 is 2.76 bits per heavy atom. The highest BCUT2D eigenvalue weighted by atomic mass is 79.9. The van der Waals surface area contributed by atoms with E-state index in [0.717, 1.165) is 28.2 Å². The van der Waals surface area contributed by atoms with Gasteiger partial charge in [-0.1, -0.05) is 6.07 Å². The van der Waals surface area contributed by atoms with E-state index in [1.54, 1.807) is 7.11 Å². The van der Waals surface area contributed by atoms with Gasteiger partial charge in [0.2, 0.25) is 5.88 Å². The molecule has 0 saturated heterocycles. The molecule has 21 heavy (non-hydrogen) atoms. The van der Waals surface area contributed by atoms with Gasteiger partial charge in [0, 0.05) is 18.5 Å². The summed E-state index contributed by atoms with van der Waals surface area (Å²) in [6.45, 7) is 2.86. The number of aromatic nitrogens is 3. The molecular weight excluding hydrogens is 332 g/mol. The van der Waals surface area contributed by atoms with Crippen LogP contribution in [0.3, 0.4) is 0 Å². The Balaban J connectivity index is 2.08. The molecule has 1 N–H and O–H groups in total. The highest BCUT2D eigenvalue weighted by Gasteiger charge is 2.29. The van der Waals surface area contributed by atoms with Crippen LogP contribution >= 0.6 is 15.9 Å². The number of nitrogens with one attached hydrogen (secondary N) is 1. The average Bonchev–Trinajstić information content (AvgIpc) is 3.34. The fourth-order valence-corrected chi connectivity index (χ4v) is 2.79. The number of ether oxygens (including phenoxy) is 1. The van der Waals surface area contributed by atoms with Crippen molar-refractivity contribution in [1.82, 2.24) is 15.0 Å². The molecule has 0 amide bonds. The lowest BCUT2D eigenvalue weighted by molar-refractivity contribution is 0.398. The van der Waals surface area contributed by atoms with Crippen LogP contribution in [0.25, 0.3) is 11.5 Å². The first-order valence-corrected chi connectivity index (χ1v) is 7.85. The fourth-order valence-electron chi connectivity index (χ4n) is 2.14. The first-order valence-electron chi connectivity index (χ1n) is 7.05. The van der Waals surface area contributed by atoms with Gasteiger partial charge in [-0.3, -0.25) is 0 Å². The Morgan fingerprint density at radius 2 is 2.10 bits per heavy atom. The zero-order valence-corrected chi connectivity index (χ0v) is 13.6. The standard InChI is InChI=1S/C15H17BrN4O/c1-3-17-15-12(16)13(9-7-8-9)19-14(20-15)10-5-4-6-11(18-10)21-2/h4-6,9H,3,7-8H2,1-2H3,(H,17,19,20). The van der Waals surface area contributed by atoms with Crippen molar-refractivity contribution in [3.8, 4) is 17.4 Å². The van der Waals surface area contributed by atoms with Gasteiger partial charge in [-0.15, -0.1) is 0 Å². The number of hydrogen-bond acceptors (Lipinski definition) is 5. The Labute approximate surface area is 132 Å². The predicted octanol–water partition coefficient (Wildman–Crippen LogP) is 3.62. The van der Waals surface area contributed by atoms with E-state index in [0.29, 0.717) is 17.6 Å². The van der Waals surface area contributed by atoms with Gasteiger partial charge in [-0.25, -0.2) is 15.0 Å². The van der Waals surface area contributed by atoms with E-state index in [-0.39, 0.29) is 0 Å². The predicted molar refractivity (Wildman–Crippen MR) is 85.7 cm³/mol. The molecule has 0 unspecified atom stereocenters. The Bertz CT molecular complexity index is 658. The minimum atomic E-state index is 0.532. The van der Waals surface area contributed by atoms with Crippen molar-refractivity contribution in [2.24, 2.45) is 0 Å². The second kappa shape index (κ2) is 5.97. The second-order valence-corrected chi connectivity index (χ2v) is 5.76. The van der Waals surface area contributed by atoms with Gasteiger partial charge in [-0.2, -0.15) is 0 Å². The van der Waals surface area contributed by atoms with Crippen LogP contribution in [0.15, 0.2) is 22.7 Å². The fraction of sp³-hybridized carbons (Fsp3) is 0.400. The molecule has 0 radical (unpaired) electrons. The minimum absolute atomic E-state index is 0.532. The lowest BCUT2D eigenvalue weighted by Crippen LogP contribution is -2.06. The number of methoxy groups -OCH3 is 1. The Hall–Kier alpha value is -1.69. The van der Waals surface area contributed by atoms with Crippen LogP contribution in [0.2, 0.25) is 0 Å². The number of halogens is 1. The lowest BCUT2D eigenvalue weighted by atomic mass is 10.2. The summed E-state index contributed by atoms with van der Waals surface area (Å²) in [5.74, 6) is 2.56. The van der Waals surface area contributed by atoms with Gasteiger partial charge in [0.1, 0.15) is 11.5 Å². The summed E-state index contributed by atoms with van der Waals surface area (Å²) < 4.78 is 6.15. The van der Waals surface area contributed by atoms with E-state index in [2.05, 4.69) is 38.1 Å². The summed E-state index contributed by atoms with van der Waals surface area (Å²) in [6, 6.07) is 5.61. The zero-order valence-electron chi connectivity index (χ0n) is 12.1. The van der Waals surface area contributed by atoms with Crippen LogP contribution in [-0.2, 0) is 0 Å².